The average Bonchev–Trinajstić information content (AvgIpc) is 3.13. The van der Waals surface area contributed by atoms with Gasteiger partial charge < -0.3 is 28.7 Å². The van der Waals surface area contributed by atoms with Crippen molar-refractivity contribution in [1.82, 2.24) is 10.6 Å². The standard InChI is InChI=1S/2C19H24Br2N5O2.H2O4S/c2*1-26(2,3)11-10-22-9-8-14-4-6-15(7-5-14)23-24-19-17(20)12-16(25(27)28)13-18(19)21;1-5(2,3)4/h2*4-7,12-13,22H,8-11H2,1-3H3;(H2,1,2,3,4)/q2*+1;/p-2. The first-order chi connectivity index (χ1) is 28.3. The second-order valence-electron chi connectivity index (χ2n) is 15.2. The summed E-state index contributed by atoms with van der Waals surface area (Å²) < 4.78 is 38.0. The molecule has 4 aromatic carbocycles. The molecule has 0 saturated carbocycles. The molecule has 0 aliphatic rings. The molecule has 2 N–H and O–H groups in total. The molecule has 332 valence electrons. The van der Waals surface area contributed by atoms with Crippen LogP contribution in [0.15, 0.2) is 111 Å². The van der Waals surface area contributed by atoms with Crippen molar-refractivity contribution in [2.24, 2.45) is 20.5 Å². The van der Waals surface area contributed by atoms with Gasteiger partial charge in [0.25, 0.3) is 11.4 Å². The molecule has 0 spiro atoms. The van der Waals surface area contributed by atoms with E-state index in [2.05, 4.69) is 137 Å². The molecule has 0 aliphatic carbocycles. The number of halogens is 4. The first-order valence-corrected chi connectivity index (χ1v) is 22.8. The van der Waals surface area contributed by atoms with E-state index in [1.807, 2.05) is 48.5 Å². The average molecular weight is 1120 g/mol. The molecule has 4 aromatic rings. The highest BCUT2D eigenvalue weighted by Crippen LogP contribution is 2.39. The Bertz CT molecular complexity index is 2040. The van der Waals surface area contributed by atoms with Gasteiger partial charge in [0.05, 0.1) is 94.5 Å². The van der Waals surface area contributed by atoms with E-state index in [0.717, 1.165) is 72.5 Å². The van der Waals surface area contributed by atoms with E-state index in [-0.39, 0.29) is 11.4 Å². The van der Waals surface area contributed by atoms with Crippen LogP contribution >= 0.6 is 63.7 Å². The van der Waals surface area contributed by atoms with Gasteiger partial charge in [-0.05, 0) is 125 Å². The van der Waals surface area contributed by atoms with E-state index in [1.165, 1.54) is 35.4 Å². The SMILES string of the molecule is C[N+](C)(C)CCNCCc1ccc(N=Nc2c(Br)cc([N+](=O)[O-])cc2Br)cc1.C[N+](C)(C)CCNCCc1ccc(N=Nc2c(Br)cc([N+](=O)[O-])cc2Br)cc1.O=S(=O)([O-])[O-]. The largest absolute Gasteiger partial charge is 0.759 e. The maximum atomic E-state index is 10.9. The van der Waals surface area contributed by atoms with Gasteiger partial charge in [0.15, 0.2) is 0 Å². The van der Waals surface area contributed by atoms with E-state index >= 15 is 0 Å². The van der Waals surface area contributed by atoms with Crippen LogP contribution in [0.3, 0.4) is 0 Å². The first kappa shape index (κ1) is 53.6. The fourth-order valence-electron chi connectivity index (χ4n) is 4.72. The van der Waals surface area contributed by atoms with Crippen LogP contribution in [0, 0.1) is 20.2 Å². The minimum Gasteiger partial charge on any atom is -0.759 e. The Morgan fingerprint density at radius 2 is 0.820 bits per heavy atom. The van der Waals surface area contributed by atoms with Crippen molar-refractivity contribution in [3.8, 4) is 0 Å². The quantitative estimate of drug-likeness (QED) is 0.0182. The van der Waals surface area contributed by atoms with Gasteiger partial charge in [0.2, 0.25) is 0 Å². The zero-order chi connectivity index (χ0) is 46.0. The summed E-state index contributed by atoms with van der Waals surface area (Å²) >= 11 is 13.2. The van der Waals surface area contributed by atoms with E-state index in [0.29, 0.717) is 29.3 Å². The lowest BCUT2D eigenvalue weighted by molar-refractivity contribution is -0.869. The van der Waals surface area contributed by atoms with Crippen molar-refractivity contribution < 1.29 is 36.3 Å². The van der Waals surface area contributed by atoms with E-state index in [4.69, 9.17) is 17.5 Å². The van der Waals surface area contributed by atoms with Crippen LogP contribution in [0.4, 0.5) is 34.1 Å². The predicted octanol–water partition coefficient (Wildman–Crippen LogP) is 9.41. The molecule has 0 saturated heterocycles. The van der Waals surface area contributed by atoms with Crippen molar-refractivity contribution in [3.05, 3.63) is 122 Å². The van der Waals surface area contributed by atoms with Crippen molar-refractivity contribution in [3.63, 3.8) is 0 Å². The molecule has 4 rings (SSSR count). The van der Waals surface area contributed by atoms with Gasteiger partial charge in [0, 0.05) is 47.8 Å². The molecular formula is C38H48Br4N10O8S. The van der Waals surface area contributed by atoms with Crippen LogP contribution in [0.2, 0.25) is 0 Å². The van der Waals surface area contributed by atoms with Gasteiger partial charge in [-0.2, -0.15) is 10.2 Å². The third-order valence-electron chi connectivity index (χ3n) is 7.93. The summed E-state index contributed by atoms with van der Waals surface area (Å²) in [5, 5.41) is 45.6. The minimum absolute atomic E-state index is 0.0166. The van der Waals surface area contributed by atoms with Crippen molar-refractivity contribution in [2.75, 3.05) is 81.6 Å². The highest BCUT2D eigenvalue weighted by Gasteiger charge is 2.15. The van der Waals surface area contributed by atoms with Gasteiger partial charge in [-0.1, -0.05) is 24.3 Å². The lowest BCUT2D eigenvalue weighted by Gasteiger charge is -2.23. The Hall–Kier alpha value is -3.49. The molecule has 61 heavy (non-hydrogen) atoms. The summed E-state index contributed by atoms with van der Waals surface area (Å²) in [6, 6.07) is 21.5. The number of quaternary nitrogens is 2. The summed E-state index contributed by atoms with van der Waals surface area (Å²) in [7, 11) is 7.93. The van der Waals surface area contributed by atoms with Crippen molar-refractivity contribution >= 4 is 108 Å². The van der Waals surface area contributed by atoms with Crippen LogP contribution < -0.4 is 10.6 Å². The Kier molecular flexibility index (Phi) is 22.5. The van der Waals surface area contributed by atoms with E-state index < -0.39 is 20.2 Å². The smallest absolute Gasteiger partial charge is 0.271 e. The normalized spacial score (nSPS) is 11.9. The molecule has 0 radical (unpaired) electrons. The fraction of sp³-hybridized carbons (Fsp3) is 0.368. The Morgan fingerprint density at radius 1 is 0.541 bits per heavy atom. The number of hydrogen-bond donors (Lipinski definition) is 2. The molecule has 0 atom stereocenters. The van der Waals surface area contributed by atoms with Crippen LogP contribution in [-0.4, -0.2) is 118 Å². The zero-order valence-corrected chi connectivity index (χ0v) is 41.5. The number of benzene rings is 4. The van der Waals surface area contributed by atoms with Crippen LogP contribution in [0.5, 0.6) is 0 Å². The third-order valence-corrected chi connectivity index (χ3v) is 10.3. The number of hydrogen-bond acceptors (Lipinski definition) is 14. The maximum absolute atomic E-state index is 10.9. The highest BCUT2D eigenvalue weighted by molar-refractivity contribution is 9.11. The van der Waals surface area contributed by atoms with Gasteiger partial charge in [-0.15, -0.1) is 10.2 Å². The molecule has 0 amide bonds. The lowest BCUT2D eigenvalue weighted by Crippen LogP contribution is -2.40. The van der Waals surface area contributed by atoms with Gasteiger partial charge in [0.1, 0.15) is 11.4 Å². The fourth-order valence-corrected chi connectivity index (χ4v) is 7.37. The molecule has 0 aliphatic heterocycles. The number of nitrogens with one attached hydrogen (secondary N) is 2. The third kappa shape index (κ3) is 23.5. The molecule has 0 aromatic heterocycles. The monoisotopic (exact) mass is 1120 g/mol. The Balaban J connectivity index is 0.000000378. The van der Waals surface area contributed by atoms with Crippen molar-refractivity contribution in [2.45, 2.75) is 12.8 Å². The van der Waals surface area contributed by atoms with E-state index in [1.54, 1.807) is 0 Å². The summed E-state index contributed by atoms with van der Waals surface area (Å²) in [6.45, 7) is 6.04. The topological polar surface area (TPSA) is 240 Å². The molecular weight excluding hydrogens is 1080 g/mol. The number of non-ortho nitro benzene ring substituents is 2. The minimum atomic E-state index is -5.17. The number of nitro groups is 2. The van der Waals surface area contributed by atoms with Gasteiger partial charge >= 0.3 is 0 Å². The van der Waals surface area contributed by atoms with Crippen LogP contribution in [0.25, 0.3) is 0 Å². The number of likely N-dealkylation sites (N-methyl/N-ethyl adjacent to an activating group) is 2. The molecule has 0 unspecified atom stereocenters. The maximum Gasteiger partial charge on any atom is 0.271 e. The Morgan fingerprint density at radius 3 is 1.07 bits per heavy atom. The van der Waals surface area contributed by atoms with Crippen LogP contribution in [0.1, 0.15) is 11.1 Å². The number of azo groups is 2. The van der Waals surface area contributed by atoms with Crippen molar-refractivity contribution in [1.29, 1.82) is 0 Å². The van der Waals surface area contributed by atoms with Crippen LogP contribution in [-0.2, 0) is 23.2 Å². The molecule has 0 heterocycles. The number of rotatable bonds is 18. The summed E-state index contributed by atoms with van der Waals surface area (Å²) in [4.78, 5) is 20.9. The molecule has 0 bridgehead atoms. The lowest BCUT2D eigenvalue weighted by atomic mass is 10.1. The molecule has 23 heteroatoms. The first-order valence-electron chi connectivity index (χ1n) is 18.3. The second-order valence-corrected chi connectivity index (χ2v) is 19.4. The molecule has 0 fully saturated rings. The van der Waals surface area contributed by atoms with Gasteiger partial charge in [-0.3, -0.25) is 28.6 Å². The zero-order valence-electron chi connectivity index (χ0n) is 34.3. The number of nitro benzene ring substituents is 2. The van der Waals surface area contributed by atoms with E-state index in [9.17, 15) is 20.2 Å². The summed E-state index contributed by atoms with van der Waals surface area (Å²) in [5.41, 5.74) is 4.89. The highest BCUT2D eigenvalue weighted by atomic mass is 79.9. The second kappa shape index (κ2) is 25.6. The summed E-state index contributed by atoms with van der Waals surface area (Å²) in [6.07, 6.45) is 1.90. The number of nitrogens with zero attached hydrogens (tertiary/aromatic N) is 8. The Labute approximate surface area is 389 Å². The summed E-state index contributed by atoms with van der Waals surface area (Å²) in [5.74, 6) is 0. The van der Waals surface area contributed by atoms with Gasteiger partial charge in [-0.25, -0.2) is 0 Å². The predicted molar refractivity (Wildman–Crippen MR) is 248 cm³/mol. The molecule has 18 nitrogen and oxygen atoms in total.